The maximum absolute atomic E-state index is 14.1. The number of rotatable bonds is 11. The standard InChI is InChI=1S/C45H46BFN6O6S/c47-33-7-2-30(3-8-33)43-41(37-12-6-32(46(58)59)27-39(37)60-43)42(55)29-4-9-34(10-5-29)51-22-18-49(19-23-51)16-1-17-50-20-24-52(25-21-50)35-11-13-36-31(26-35)28-53(45(36)57)38-14-15-40(54)48-44(38)56/h2-13,26-27,38,58-59H,1,14-25,28H2,(H,48,54,56). The Bertz CT molecular complexity index is 2450. The predicted octanol–water partition coefficient (Wildman–Crippen LogP) is 3.71. The van der Waals surface area contributed by atoms with Crippen molar-refractivity contribution in [3.63, 3.8) is 0 Å². The fraction of sp³-hybridized carbons (Fsp3) is 0.333. The number of amides is 3. The summed E-state index contributed by atoms with van der Waals surface area (Å²) in [6, 6.07) is 24.2. The number of nitrogens with one attached hydrogen (secondary N) is 1. The number of benzene rings is 4. The SMILES string of the molecule is O=C1CCC(N2Cc3cc(N4CCN(CCCN5CCN(c6ccc(C(=O)c7c(-c8ccc(F)cc8)sc8cc(B(O)O)ccc78)cc6)CC5)CC4)ccc3C2=O)C(=O)N1. The number of piperidine rings is 1. The van der Waals surface area contributed by atoms with Crippen molar-refractivity contribution in [1.29, 1.82) is 0 Å². The van der Waals surface area contributed by atoms with Crippen LogP contribution in [0.3, 0.4) is 0 Å². The summed E-state index contributed by atoms with van der Waals surface area (Å²) in [4.78, 5) is 63.4. The first-order valence-electron chi connectivity index (χ1n) is 20.6. The van der Waals surface area contributed by atoms with Gasteiger partial charge in [0.1, 0.15) is 11.9 Å². The lowest BCUT2D eigenvalue weighted by Crippen LogP contribution is -2.52. The molecule has 3 amide bonds. The van der Waals surface area contributed by atoms with Crippen molar-refractivity contribution >= 4 is 68.9 Å². The molecule has 0 radical (unpaired) electrons. The van der Waals surface area contributed by atoms with Crippen LogP contribution in [-0.2, 0) is 16.1 Å². The van der Waals surface area contributed by atoms with Gasteiger partial charge in [-0.2, -0.15) is 0 Å². The molecule has 3 fully saturated rings. The summed E-state index contributed by atoms with van der Waals surface area (Å²) in [6.07, 6.45) is 1.69. The van der Waals surface area contributed by atoms with Gasteiger partial charge in [0, 0.05) is 108 Å². The Morgan fingerprint density at radius 1 is 0.783 bits per heavy atom. The van der Waals surface area contributed by atoms with E-state index in [4.69, 9.17) is 0 Å². The normalized spacial score (nSPS) is 18.9. The molecule has 4 aromatic carbocycles. The van der Waals surface area contributed by atoms with Crippen molar-refractivity contribution in [3.05, 3.63) is 113 Å². The van der Waals surface area contributed by atoms with Gasteiger partial charge in [-0.3, -0.25) is 34.3 Å². The van der Waals surface area contributed by atoms with Gasteiger partial charge in [0.2, 0.25) is 11.8 Å². The summed E-state index contributed by atoms with van der Waals surface area (Å²) in [5.74, 6) is -1.33. The summed E-state index contributed by atoms with van der Waals surface area (Å²) in [6.45, 7) is 9.91. The van der Waals surface area contributed by atoms with Gasteiger partial charge >= 0.3 is 7.12 Å². The number of ketones is 1. The summed E-state index contributed by atoms with van der Waals surface area (Å²) < 4.78 is 14.6. The molecule has 5 heterocycles. The molecule has 9 rings (SSSR count). The lowest BCUT2D eigenvalue weighted by molar-refractivity contribution is -0.136. The van der Waals surface area contributed by atoms with Crippen molar-refractivity contribution in [2.24, 2.45) is 0 Å². The van der Waals surface area contributed by atoms with E-state index in [0.29, 0.717) is 45.4 Å². The first kappa shape index (κ1) is 40.0. The molecular formula is C45H46BFN6O6S. The van der Waals surface area contributed by atoms with Crippen LogP contribution in [0.25, 0.3) is 20.5 Å². The average molecular weight is 829 g/mol. The minimum atomic E-state index is -1.63. The molecule has 3 saturated heterocycles. The third-order valence-electron chi connectivity index (χ3n) is 12.4. The molecule has 12 nitrogen and oxygen atoms in total. The lowest BCUT2D eigenvalue weighted by Gasteiger charge is -2.38. The topological polar surface area (TPSA) is 137 Å². The maximum Gasteiger partial charge on any atom is 0.488 e. The van der Waals surface area contributed by atoms with Crippen LogP contribution in [0, 0.1) is 5.82 Å². The highest BCUT2D eigenvalue weighted by Crippen LogP contribution is 2.40. The van der Waals surface area contributed by atoms with E-state index in [9.17, 15) is 33.6 Å². The zero-order valence-electron chi connectivity index (χ0n) is 33.2. The van der Waals surface area contributed by atoms with Crippen LogP contribution in [-0.4, -0.2) is 127 Å². The summed E-state index contributed by atoms with van der Waals surface area (Å²) in [5, 5.41) is 22.6. The third-order valence-corrected chi connectivity index (χ3v) is 13.6. The van der Waals surface area contributed by atoms with E-state index in [-0.39, 0.29) is 29.8 Å². The van der Waals surface area contributed by atoms with E-state index < -0.39 is 19.1 Å². The van der Waals surface area contributed by atoms with E-state index in [2.05, 4.69) is 31.0 Å². The van der Waals surface area contributed by atoms with Crippen molar-refractivity contribution in [2.75, 3.05) is 75.2 Å². The summed E-state index contributed by atoms with van der Waals surface area (Å²) >= 11 is 1.37. The van der Waals surface area contributed by atoms with Gasteiger partial charge in [-0.05, 0) is 103 Å². The molecule has 5 aromatic rings. The molecule has 4 aliphatic rings. The smallest absolute Gasteiger partial charge is 0.423 e. The van der Waals surface area contributed by atoms with Gasteiger partial charge in [0.05, 0.1) is 0 Å². The van der Waals surface area contributed by atoms with E-state index >= 15 is 0 Å². The molecule has 1 unspecified atom stereocenters. The first-order chi connectivity index (χ1) is 29.1. The number of hydrogen-bond donors (Lipinski definition) is 3. The van der Waals surface area contributed by atoms with Crippen molar-refractivity contribution in [3.8, 4) is 10.4 Å². The molecule has 1 atom stereocenters. The molecule has 0 aliphatic carbocycles. The van der Waals surface area contributed by atoms with Gasteiger partial charge in [-0.25, -0.2) is 4.39 Å². The zero-order chi connectivity index (χ0) is 41.5. The van der Waals surface area contributed by atoms with Crippen molar-refractivity contribution < 1.29 is 33.6 Å². The van der Waals surface area contributed by atoms with Crippen LogP contribution < -0.4 is 20.6 Å². The Morgan fingerprint density at radius 2 is 1.43 bits per heavy atom. The molecule has 1 aromatic heterocycles. The van der Waals surface area contributed by atoms with Crippen molar-refractivity contribution in [1.82, 2.24) is 20.0 Å². The molecule has 0 saturated carbocycles. The highest BCUT2D eigenvalue weighted by molar-refractivity contribution is 7.23. The number of piperazine rings is 2. The van der Waals surface area contributed by atoms with Crippen LogP contribution >= 0.6 is 11.3 Å². The zero-order valence-corrected chi connectivity index (χ0v) is 34.0. The number of thiophene rings is 1. The van der Waals surface area contributed by atoms with Gasteiger partial charge in [-0.15, -0.1) is 11.3 Å². The highest BCUT2D eigenvalue weighted by atomic mass is 32.1. The number of carbonyl (C=O) groups is 4. The maximum atomic E-state index is 14.1. The minimum Gasteiger partial charge on any atom is -0.423 e. The summed E-state index contributed by atoms with van der Waals surface area (Å²) in [7, 11) is -1.63. The van der Waals surface area contributed by atoms with Crippen LogP contribution in [0.1, 0.15) is 51.1 Å². The largest absolute Gasteiger partial charge is 0.488 e. The second kappa shape index (κ2) is 16.9. The average Bonchev–Trinajstić information content (AvgIpc) is 3.81. The number of carbonyl (C=O) groups excluding carboxylic acids is 4. The number of imide groups is 1. The molecule has 60 heavy (non-hydrogen) atoms. The summed E-state index contributed by atoms with van der Waals surface area (Å²) in [5.41, 5.74) is 5.86. The van der Waals surface area contributed by atoms with E-state index in [1.54, 1.807) is 35.2 Å². The first-order valence-corrected chi connectivity index (χ1v) is 21.5. The van der Waals surface area contributed by atoms with Gasteiger partial charge < -0.3 is 24.7 Å². The van der Waals surface area contributed by atoms with E-state index in [1.807, 2.05) is 36.4 Å². The second-order valence-electron chi connectivity index (χ2n) is 16.1. The molecule has 3 N–H and O–H groups in total. The fourth-order valence-electron chi connectivity index (χ4n) is 9.01. The molecule has 0 spiro atoms. The number of nitrogens with zero attached hydrogens (tertiary/aromatic N) is 5. The molecule has 15 heteroatoms. The Kier molecular flexibility index (Phi) is 11.3. The quantitative estimate of drug-likeness (QED) is 0.103. The van der Waals surface area contributed by atoms with E-state index in [0.717, 1.165) is 99.1 Å². The predicted molar refractivity (Wildman–Crippen MR) is 231 cm³/mol. The Labute approximate surface area is 351 Å². The highest BCUT2D eigenvalue weighted by Gasteiger charge is 2.39. The molecular weight excluding hydrogens is 782 g/mol. The Hall–Kier alpha value is -5.45. The van der Waals surface area contributed by atoms with Crippen molar-refractivity contribution in [2.45, 2.75) is 31.8 Å². The Morgan fingerprint density at radius 3 is 2.08 bits per heavy atom. The number of anilines is 2. The number of hydrogen-bond acceptors (Lipinski definition) is 11. The minimum absolute atomic E-state index is 0.142. The van der Waals surface area contributed by atoms with Gasteiger partial charge in [0.15, 0.2) is 5.78 Å². The number of fused-ring (bicyclic) bond motifs is 2. The molecule has 0 bridgehead atoms. The fourth-order valence-corrected chi connectivity index (χ4v) is 10.3. The van der Waals surface area contributed by atoms with Crippen LogP contribution in [0.2, 0.25) is 0 Å². The second-order valence-corrected chi connectivity index (χ2v) is 17.1. The number of halogens is 1. The lowest BCUT2D eigenvalue weighted by atomic mass is 9.80. The van der Waals surface area contributed by atoms with Crippen LogP contribution in [0.15, 0.2) is 84.9 Å². The third kappa shape index (κ3) is 8.07. The van der Waals surface area contributed by atoms with E-state index in [1.165, 1.54) is 23.5 Å². The van der Waals surface area contributed by atoms with Crippen LogP contribution in [0.5, 0.6) is 0 Å². The van der Waals surface area contributed by atoms with Crippen LogP contribution in [0.4, 0.5) is 15.8 Å². The Balaban J connectivity index is 0.745. The van der Waals surface area contributed by atoms with Gasteiger partial charge in [0.25, 0.3) is 5.91 Å². The molecule has 4 aliphatic heterocycles. The monoisotopic (exact) mass is 828 g/mol. The van der Waals surface area contributed by atoms with Gasteiger partial charge in [-0.1, -0.05) is 24.3 Å². The molecule has 308 valence electrons.